The Balaban J connectivity index is 2.57. The maximum atomic E-state index is 5.93. The van der Waals surface area contributed by atoms with Gasteiger partial charge in [-0.05, 0) is 42.7 Å². The molecule has 0 bridgehead atoms. The molecule has 0 N–H and O–H groups in total. The largest absolute Gasteiger partial charge is 0.241 e. The average molecular weight is 296 g/mol. The van der Waals surface area contributed by atoms with Gasteiger partial charge in [-0.15, -0.1) is 0 Å². The lowest BCUT2D eigenvalue weighted by Gasteiger charge is -2.11. The van der Waals surface area contributed by atoms with Crippen molar-refractivity contribution in [3.63, 3.8) is 0 Å². The third-order valence-corrected chi connectivity index (χ3v) is 3.31. The molecule has 0 aliphatic heterocycles. The molecular weight excluding hydrogens is 278 g/mol. The molecule has 0 saturated heterocycles. The highest BCUT2D eigenvalue weighted by Crippen LogP contribution is 2.32. The molecule has 0 spiro atoms. The minimum Gasteiger partial charge on any atom is -0.241 e. The van der Waals surface area contributed by atoms with Gasteiger partial charge in [-0.3, -0.25) is 0 Å². The highest BCUT2D eigenvalue weighted by Gasteiger charge is 2.09. The zero-order valence-electron chi connectivity index (χ0n) is 12.4. The topological polar surface area (TPSA) is 12.4 Å². The molecule has 0 amide bonds. The minimum atomic E-state index is 0.500. The van der Waals surface area contributed by atoms with Crippen molar-refractivity contribution in [3.8, 4) is 0 Å². The molecule has 0 saturated carbocycles. The zero-order valence-corrected chi connectivity index (χ0v) is 13.1. The van der Waals surface area contributed by atoms with Gasteiger partial charge in [-0.25, -0.2) is 4.99 Å². The van der Waals surface area contributed by atoms with Crippen LogP contribution >= 0.6 is 11.6 Å². The molecule has 0 radical (unpaired) electrons. The molecule has 0 fully saturated rings. The number of hydrogen-bond donors (Lipinski definition) is 0. The summed E-state index contributed by atoms with van der Waals surface area (Å²) < 4.78 is 0. The van der Waals surface area contributed by atoms with Gasteiger partial charge in [0.1, 0.15) is 5.17 Å². The Morgan fingerprint density at radius 3 is 2.57 bits per heavy atom. The Hall–Kier alpha value is -2.12. The van der Waals surface area contributed by atoms with E-state index in [0.717, 1.165) is 28.0 Å². The number of rotatable bonds is 4. The molecule has 0 aliphatic rings. The number of aryl methyl sites for hydroxylation is 1. The number of halogens is 1. The van der Waals surface area contributed by atoms with E-state index in [0.29, 0.717) is 5.17 Å². The molecule has 0 aromatic heterocycles. The minimum absolute atomic E-state index is 0.500. The van der Waals surface area contributed by atoms with Gasteiger partial charge in [-0.1, -0.05) is 66.7 Å². The maximum Gasteiger partial charge on any atom is 0.103 e. The monoisotopic (exact) mass is 295 g/mol. The van der Waals surface area contributed by atoms with Crippen LogP contribution in [0.3, 0.4) is 0 Å². The predicted octanol–water partition coefficient (Wildman–Crippen LogP) is 5.99. The van der Waals surface area contributed by atoms with Crippen LogP contribution in [0, 0.1) is 6.92 Å². The highest BCUT2D eigenvalue weighted by atomic mass is 35.5. The fraction of sp³-hybridized carbons (Fsp3) is 0.105. The van der Waals surface area contributed by atoms with Crippen LogP contribution in [0.4, 0.5) is 5.69 Å². The van der Waals surface area contributed by atoms with E-state index in [1.54, 1.807) is 6.92 Å². The van der Waals surface area contributed by atoms with Crippen molar-refractivity contribution >= 4 is 34.1 Å². The van der Waals surface area contributed by atoms with Crippen molar-refractivity contribution in [2.24, 2.45) is 4.99 Å². The van der Waals surface area contributed by atoms with Gasteiger partial charge in [-0.2, -0.15) is 0 Å². The molecule has 21 heavy (non-hydrogen) atoms. The van der Waals surface area contributed by atoms with E-state index in [4.69, 9.17) is 11.6 Å². The van der Waals surface area contributed by atoms with Crippen molar-refractivity contribution in [1.29, 1.82) is 0 Å². The second-order valence-corrected chi connectivity index (χ2v) is 5.48. The third-order valence-electron chi connectivity index (χ3n) is 3.22. The first-order valence-electron chi connectivity index (χ1n) is 6.75. The highest BCUT2D eigenvalue weighted by molar-refractivity contribution is 6.65. The first-order valence-corrected chi connectivity index (χ1v) is 7.12. The predicted molar refractivity (Wildman–Crippen MR) is 94.5 cm³/mol. The van der Waals surface area contributed by atoms with E-state index in [1.807, 2.05) is 30.3 Å². The summed E-state index contributed by atoms with van der Waals surface area (Å²) in [6.45, 7) is 11.9. The van der Waals surface area contributed by atoms with Crippen molar-refractivity contribution in [1.82, 2.24) is 0 Å². The quantitative estimate of drug-likeness (QED) is 0.614. The third kappa shape index (κ3) is 3.71. The van der Waals surface area contributed by atoms with Gasteiger partial charge in [0.05, 0.1) is 5.69 Å². The fourth-order valence-corrected chi connectivity index (χ4v) is 2.27. The van der Waals surface area contributed by atoms with E-state index in [1.165, 1.54) is 5.56 Å². The summed E-state index contributed by atoms with van der Waals surface area (Å²) in [5.74, 6) is 0. The summed E-state index contributed by atoms with van der Waals surface area (Å²) in [5, 5.41) is 0.500. The summed E-state index contributed by atoms with van der Waals surface area (Å²) in [6.07, 6.45) is 1.81. The lowest BCUT2D eigenvalue weighted by atomic mass is 9.95. The molecular formula is C19H18ClN. The Morgan fingerprint density at radius 2 is 1.95 bits per heavy atom. The smallest absolute Gasteiger partial charge is 0.103 e. The molecule has 0 atom stereocenters. The van der Waals surface area contributed by atoms with Crippen LogP contribution in [0.15, 0.2) is 60.6 Å². The van der Waals surface area contributed by atoms with Crippen LogP contribution < -0.4 is 0 Å². The Kier molecular flexibility index (Phi) is 4.77. The van der Waals surface area contributed by atoms with Crippen LogP contribution in [-0.2, 0) is 0 Å². The fourth-order valence-electron chi connectivity index (χ4n) is 2.17. The van der Waals surface area contributed by atoms with Crippen molar-refractivity contribution < 1.29 is 0 Å². The van der Waals surface area contributed by atoms with Gasteiger partial charge < -0.3 is 0 Å². The molecule has 2 aromatic rings. The van der Waals surface area contributed by atoms with Crippen LogP contribution in [0.2, 0.25) is 0 Å². The lowest BCUT2D eigenvalue weighted by molar-refractivity contribution is 1.42. The molecule has 106 valence electrons. The second-order valence-electron chi connectivity index (χ2n) is 4.94. The van der Waals surface area contributed by atoms with Gasteiger partial charge >= 0.3 is 0 Å². The zero-order chi connectivity index (χ0) is 15.4. The van der Waals surface area contributed by atoms with E-state index in [-0.39, 0.29) is 0 Å². The number of benzene rings is 2. The maximum absolute atomic E-state index is 5.93. The normalized spacial score (nSPS) is 11.3. The van der Waals surface area contributed by atoms with Crippen LogP contribution in [-0.4, -0.2) is 5.17 Å². The Morgan fingerprint density at radius 1 is 1.19 bits per heavy atom. The number of aliphatic imine (C=N–C) groups is 1. The van der Waals surface area contributed by atoms with E-state index < -0.39 is 0 Å². The van der Waals surface area contributed by atoms with Crippen molar-refractivity contribution in [2.45, 2.75) is 13.8 Å². The summed E-state index contributed by atoms with van der Waals surface area (Å²) >= 11 is 5.93. The molecule has 0 unspecified atom stereocenters. The van der Waals surface area contributed by atoms with E-state index in [2.05, 4.69) is 43.3 Å². The summed E-state index contributed by atoms with van der Waals surface area (Å²) in [7, 11) is 0. The van der Waals surface area contributed by atoms with E-state index in [9.17, 15) is 0 Å². The Bertz CT molecular complexity index is 722. The summed E-state index contributed by atoms with van der Waals surface area (Å²) in [5.41, 5.74) is 6.04. The first kappa shape index (κ1) is 15.3. The van der Waals surface area contributed by atoms with Crippen LogP contribution in [0.5, 0.6) is 0 Å². The standard InChI is InChI=1S/C19H18ClN/c1-5-16-9-10-19(21-15(4)20)18(12-16)14(3)17-8-6-7-13(2)11-17/h5-12H,1,3H2,2,4H3. The molecule has 1 nitrogen and oxygen atoms in total. The van der Waals surface area contributed by atoms with Crippen molar-refractivity contribution in [2.75, 3.05) is 0 Å². The number of hydrogen-bond acceptors (Lipinski definition) is 1. The van der Waals surface area contributed by atoms with Gasteiger partial charge in [0.25, 0.3) is 0 Å². The van der Waals surface area contributed by atoms with Gasteiger partial charge in [0.2, 0.25) is 0 Å². The summed E-state index contributed by atoms with van der Waals surface area (Å²) in [6, 6.07) is 14.2. The molecule has 0 aliphatic carbocycles. The number of nitrogens with zero attached hydrogens (tertiary/aromatic N) is 1. The lowest BCUT2D eigenvalue weighted by Crippen LogP contribution is -1.90. The molecule has 2 aromatic carbocycles. The SMILES string of the molecule is C=Cc1ccc(N=C(C)Cl)c(C(=C)c2cccc(C)c2)c1. The second kappa shape index (κ2) is 6.55. The molecule has 0 heterocycles. The summed E-state index contributed by atoms with van der Waals surface area (Å²) in [4.78, 5) is 4.39. The molecule has 2 rings (SSSR count). The van der Waals surface area contributed by atoms with Gasteiger partial charge in [0.15, 0.2) is 0 Å². The van der Waals surface area contributed by atoms with Crippen LogP contribution in [0.25, 0.3) is 11.6 Å². The average Bonchev–Trinajstić information content (AvgIpc) is 2.46. The van der Waals surface area contributed by atoms with Gasteiger partial charge in [0, 0.05) is 5.56 Å². The van der Waals surface area contributed by atoms with Crippen LogP contribution in [0.1, 0.15) is 29.2 Å². The molecule has 2 heteroatoms. The van der Waals surface area contributed by atoms with E-state index >= 15 is 0 Å². The Labute approximate surface area is 131 Å². The van der Waals surface area contributed by atoms with Crippen molar-refractivity contribution in [3.05, 3.63) is 77.9 Å². The first-order chi connectivity index (χ1) is 10.0.